The Morgan fingerprint density at radius 1 is 1.33 bits per heavy atom. The van der Waals surface area contributed by atoms with E-state index in [-0.39, 0.29) is 23.6 Å². The third-order valence-electron chi connectivity index (χ3n) is 2.68. The normalized spacial score (nSPS) is 10.4. The van der Waals surface area contributed by atoms with Crippen molar-refractivity contribution in [1.82, 2.24) is 15.0 Å². The first-order valence-electron chi connectivity index (χ1n) is 5.76. The molecular formula is C12H10F2N4O3. The Balaban J connectivity index is 2.08. The number of amides is 1. The van der Waals surface area contributed by atoms with E-state index in [1.54, 1.807) is 0 Å². The smallest absolute Gasteiger partial charge is 0.358 e. The maximum Gasteiger partial charge on any atom is 0.358 e. The number of carboxylic acid groups (broad SMARTS) is 1. The van der Waals surface area contributed by atoms with Gasteiger partial charge < -0.3 is 10.4 Å². The van der Waals surface area contributed by atoms with Gasteiger partial charge in [-0.2, -0.15) is 0 Å². The van der Waals surface area contributed by atoms with Gasteiger partial charge in [0, 0.05) is 11.8 Å². The lowest BCUT2D eigenvalue weighted by Crippen LogP contribution is -2.20. The van der Waals surface area contributed by atoms with E-state index in [1.807, 2.05) is 0 Å². The lowest BCUT2D eigenvalue weighted by molar-refractivity contribution is -0.117. The Morgan fingerprint density at radius 2 is 2.05 bits per heavy atom. The summed E-state index contributed by atoms with van der Waals surface area (Å²) in [5.41, 5.74) is 0.0358. The highest BCUT2D eigenvalue weighted by atomic mass is 19.2. The van der Waals surface area contributed by atoms with E-state index in [0.29, 0.717) is 0 Å². The highest BCUT2D eigenvalue weighted by Gasteiger charge is 2.17. The molecule has 0 radical (unpaired) electrons. The van der Waals surface area contributed by atoms with Gasteiger partial charge in [0.1, 0.15) is 6.54 Å². The third kappa shape index (κ3) is 3.19. The van der Waals surface area contributed by atoms with Gasteiger partial charge in [-0.05, 0) is 19.1 Å². The van der Waals surface area contributed by atoms with Crippen LogP contribution in [0.4, 0.5) is 14.5 Å². The second-order valence-corrected chi connectivity index (χ2v) is 4.16. The number of nitrogens with zero attached hydrogens (tertiary/aromatic N) is 3. The molecule has 1 amide bonds. The molecule has 21 heavy (non-hydrogen) atoms. The van der Waals surface area contributed by atoms with Crippen molar-refractivity contribution < 1.29 is 23.5 Å². The monoisotopic (exact) mass is 296 g/mol. The molecule has 0 aliphatic rings. The van der Waals surface area contributed by atoms with Crippen molar-refractivity contribution in [3.63, 3.8) is 0 Å². The first kappa shape index (κ1) is 14.6. The number of nitrogens with one attached hydrogen (secondary N) is 1. The van der Waals surface area contributed by atoms with Crippen LogP contribution in [0.25, 0.3) is 0 Å². The molecule has 0 fully saturated rings. The first-order chi connectivity index (χ1) is 9.88. The number of rotatable bonds is 4. The predicted octanol–water partition coefficient (Wildman–Crippen LogP) is 1.20. The van der Waals surface area contributed by atoms with Crippen LogP contribution in [-0.4, -0.2) is 32.0 Å². The zero-order valence-electron chi connectivity index (χ0n) is 10.8. The van der Waals surface area contributed by atoms with Crippen LogP contribution in [0.5, 0.6) is 0 Å². The largest absolute Gasteiger partial charge is 0.476 e. The van der Waals surface area contributed by atoms with Gasteiger partial charge in [0.25, 0.3) is 0 Å². The van der Waals surface area contributed by atoms with Gasteiger partial charge >= 0.3 is 5.97 Å². The van der Waals surface area contributed by atoms with E-state index in [2.05, 4.69) is 15.6 Å². The first-order valence-corrected chi connectivity index (χ1v) is 5.76. The van der Waals surface area contributed by atoms with Crippen molar-refractivity contribution in [3.05, 3.63) is 41.2 Å². The van der Waals surface area contributed by atoms with Gasteiger partial charge in [0.2, 0.25) is 5.91 Å². The van der Waals surface area contributed by atoms with Gasteiger partial charge in [-0.3, -0.25) is 4.79 Å². The van der Waals surface area contributed by atoms with Crippen molar-refractivity contribution in [1.29, 1.82) is 0 Å². The molecule has 2 N–H and O–H groups in total. The average molecular weight is 296 g/mol. The van der Waals surface area contributed by atoms with Gasteiger partial charge in [-0.1, -0.05) is 5.21 Å². The molecule has 2 rings (SSSR count). The summed E-state index contributed by atoms with van der Waals surface area (Å²) in [6, 6.07) is 2.92. The number of aromatic nitrogens is 3. The van der Waals surface area contributed by atoms with Crippen LogP contribution in [-0.2, 0) is 11.3 Å². The minimum absolute atomic E-state index is 0.0788. The van der Waals surface area contributed by atoms with Gasteiger partial charge in [-0.15, -0.1) is 5.10 Å². The minimum atomic E-state index is -1.25. The number of benzene rings is 1. The van der Waals surface area contributed by atoms with E-state index < -0.39 is 23.5 Å². The van der Waals surface area contributed by atoms with E-state index >= 15 is 0 Å². The zero-order valence-corrected chi connectivity index (χ0v) is 10.8. The molecule has 0 spiro atoms. The van der Waals surface area contributed by atoms with Crippen LogP contribution in [0.3, 0.4) is 0 Å². The molecule has 2 aromatic rings. The zero-order chi connectivity index (χ0) is 15.6. The van der Waals surface area contributed by atoms with Crippen molar-refractivity contribution in [2.24, 2.45) is 0 Å². The molecule has 0 saturated heterocycles. The Labute approximate surface area is 117 Å². The van der Waals surface area contributed by atoms with Crippen LogP contribution in [0.15, 0.2) is 18.2 Å². The van der Waals surface area contributed by atoms with E-state index in [4.69, 9.17) is 5.11 Å². The molecule has 9 heteroatoms. The summed E-state index contributed by atoms with van der Waals surface area (Å²) in [6.07, 6.45) is 0. The number of aromatic carboxylic acids is 1. The molecule has 1 heterocycles. The number of hydrogen-bond acceptors (Lipinski definition) is 4. The number of carboxylic acids is 1. The van der Waals surface area contributed by atoms with Crippen molar-refractivity contribution in [3.8, 4) is 0 Å². The second-order valence-electron chi connectivity index (χ2n) is 4.16. The summed E-state index contributed by atoms with van der Waals surface area (Å²) in [7, 11) is 0. The summed E-state index contributed by atoms with van der Waals surface area (Å²) in [5, 5.41) is 18.1. The third-order valence-corrected chi connectivity index (χ3v) is 2.68. The van der Waals surface area contributed by atoms with Gasteiger partial charge in [0.15, 0.2) is 17.3 Å². The summed E-state index contributed by atoms with van der Waals surface area (Å²) in [4.78, 5) is 22.5. The summed E-state index contributed by atoms with van der Waals surface area (Å²) < 4.78 is 26.8. The van der Waals surface area contributed by atoms with Gasteiger partial charge in [0.05, 0.1) is 5.69 Å². The lowest BCUT2D eigenvalue weighted by Gasteiger charge is -2.06. The topological polar surface area (TPSA) is 97.1 Å². The maximum atomic E-state index is 13.0. The van der Waals surface area contributed by atoms with Crippen LogP contribution in [0.1, 0.15) is 16.2 Å². The number of halogens is 2. The highest BCUT2D eigenvalue weighted by Crippen LogP contribution is 2.13. The van der Waals surface area contributed by atoms with E-state index in [9.17, 15) is 18.4 Å². The van der Waals surface area contributed by atoms with Crippen LogP contribution < -0.4 is 5.32 Å². The molecule has 0 bridgehead atoms. The molecule has 1 aromatic carbocycles. The molecule has 0 aliphatic heterocycles. The fraction of sp³-hybridized carbons (Fsp3) is 0.167. The molecule has 0 unspecified atom stereocenters. The standard InChI is InChI=1S/C12H10F2N4O3/c1-6-11(12(20)21)16-17-18(6)5-10(19)15-7-2-3-8(13)9(14)4-7/h2-4H,5H2,1H3,(H,15,19)(H,20,21). The van der Waals surface area contributed by atoms with Crippen molar-refractivity contribution in [2.75, 3.05) is 5.32 Å². The molecule has 0 aliphatic carbocycles. The summed E-state index contributed by atoms with van der Waals surface area (Å²) in [6.45, 7) is 1.15. The maximum absolute atomic E-state index is 13.0. The number of anilines is 1. The fourth-order valence-corrected chi connectivity index (χ4v) is 1.62. The number of carbonyl (C=O) groups is 2. The lowest BCUT2D eigenvalue weighted by atomic mass is 10.3. The van der Waals surface area contributed by atoms with Crippen LogP contribution in [0, 0.1) is 18.6 Å². The Morgan fingerprint density at radius 3 is 2.62 bits per heavy atom. The van der Waals surface area contributed by atoms with Crippen LogP contribution in [0.2, 0.25) is 0 Å². The summed E-state index contributed by atoms with van der Waals surface area (Å²) >= 11 is 0. The van der Waals surface area contributed by atoms with Gasteiger partial charge in [-0.25, -0.2) is 18.3 Å². The predicted molar refractivity (Wildman–Crippen MR) is 66.7 cm³/mol. The van der Waals surface area contributed by atoms with E-state index in [0.717, 1.165) is 16.8 Å². The molecule has 0 atom stereocenters. The second kappa shape index (κ2) is 5.65. The number of carbonyl (C=O) groups excluding carboxylic acids is 1. The molecule has 1 aromatic heterocycles. The minimum Gasteiger partial charge on any atom is -0.476 e. The Bertz CT molecular complexity index is 715. The summed E-state index contributed by atoms with van der Waals surface area (Å²) in [5.74, 6) is -3.94. The fourth-order valence-electron chi connectivity index (χ4n) is 1.62. The number of hydrogen-bond donors (Lipinski definition) is 2. The molecule has 0 saturated carbocycles. The van der Waals surface area contributed by atoms with E-state index in [1.165, 1.54) is 13.0 Å². The quantitative estimate of drug-likeness (QED) is 0.883. The SMILES string of the molecule is Cc1c(C(=O)O)nnn1CC(=O)Nc1ccc(F)c(F)c1. The highest BCUT2D eigenvalue weighted by molar-refractivity contribution is 5.91. The average Bonchev–Trinajstić information content (AvgIpc) is 2.75. The molecule has 110 valence electrons. The molecular weight excluding hydrogens is 286 g/mol. The molecule has 7 nitrogen and oxygen atoms in total. The van der Waals surface area contributed by atoms with Crippen molar-refractivity contribution in [2.45, 2.75) is 13.5 Å². The van der Waals surface area contributed by atoms with Crippen molar-refractivity contribution >= 4 is 17.6 Å². The Hall–Kier alpha value is -2.84. The van der Waals surface area contributed by atoms with Crippen LogP contribution >= 0.6 is 0 Å². The Kier molecular flexibility index (Phi) is 3.92.